The fourth-order valence-corrected chi connectivity index (χ4v) is 6.81. The molecule has 0 N–H and O–H groups in total. The van der Waals surface area contributed by atoms with Gasteiger partial charge in [-0.3, -0.25) is 0 Å². The van der Waals surface area contributed by atoms with Crippen LogP contribution in [0, 0.1) is 0 Å². The highest BCUT2D eigenvalue weighted by atomic mass is 32.7. The van der Waals surface area contributed by atoms with Crippen LogP contribution >= 0.6 is 18.9 Å². The maximum atomic E-state index is 5.91. The highest BCUT2D eigenvalue weighted by Gasteiger charge is 2.38. The smallest absolute Gasteiger partial charge is 0.170 e. The molecule has 0 aromatic heterocycles. The van der Waals surface area contributed by atoms with E-state index in [4.69, 9.17) is 4.52 Å². The molecule has 1 saturated heterocycles. The van der Waals surface area contributed by atoms with Gasteiger partial charge >= 0.3 is 0 Å². The van der Waals surface area contributed by atoms with Crippen molar-refractivity contribution in [3.8, 4) is 0 Å². The molecule has 2 nitrogen and oxygen atoms in total. The van der Waals surface area contributed by atoms with E-state index in [-0.39, 0.29) is 0 Å². The first kappa shape index (κ1) is 12.8. The van der Waals surface area contributed by atoms with Crippen molar-refractivity contribution < 1.29 is 4.52 Å². The van der Waals surface area contributed by atoms with Crippen LogP contribution in [0.15, 0.2) is 0 Å². The van der Waals surface area contributed by atoms with Crippen molar-refractivity contribution in [1.82, 2.24) is 4.67 Å². The zero-order valence-electron chi connectivity index (χ0n) is 10.1. The van der Waals surface area contributed by atoms with E-state index in [1.165, 1.54) is 0 Å². The molecule has 0 aromatic carbocycles. The van der Waals surface area contributed by atoms with E-state index < -0.39 is 7.50 Å². The number of hydrogen-bond donors (Lipinski definition) is 0. The van der Waals surface area contributed by atoms with Gasteiger partial charge in [-0.2, -0.15) is 0 Å². The lowest BCUT2D eigenvalue weighted by Gasteiger charge is -2.33. The van der Waals surface area contributed by atoms with E-state index in [1.54, 1.807) is 0 Å². The molecule has 0 saturated carbocycles. The maximum Gasteiger partial charge on any atom is 0.170 e. The molecule has 14 heavy (non-hydrogen) atoms. The van der Waals surface area contributed by atoms with E-state index in [9.17, 15) is 0 Å². The van der Waals surface area contributed by atoms with Crippen LogP contribution in [0.4, 0.5) is 0 Å². The summed E-state index contributed by atoms with van der Waals surface area (Å²) in [6.07, 6.45) is 0. The minimum atomic E-state index is -0.425. The molecule has 0 radical (unpaired) electrons. The highest BCUT2D eigenvalue weighted by molar-refractivity contribution is 8.54. The average molecular weight is 235 g/mol. The molecule has 1 unspecified atom stereocenters. The van der Waals surface area contributed by atoms with Crippen molar-refractivity contribution in [2.45, 2.75) is 58.4 Å². The lowest BCUT2D eigenvalue weighted by atomic mass is 10.2. The molecular formula is C10H22NOPS. The Bertz CT molecular complexity index is 189. The van der Waals surface area contributed by atoms with Gasteiger partial charge in [0.15, 0.2) is 7.50 Å². The first-order chi connectivity index (χ1) is 6.33. The Morgan fingerprint density at radius 1 is 1.21 bits per heavy atom. The highest BCUT2D eigenvalue weighted by Crippen LogP contribution is 2.65. The molecule has 0 aromatic rings. The van der Waals surface area contributed by atoms with Crippen molar-refractivity contribution in [3.05, 3.63) is 0 Å². The van der Waals surface area contributed by atoms with Gasteiger partial charge in [-0.15, -0.1) is 0 Å². The number of nitrogens with zero attached hydrogens (tertiary/aromatic N) is 1. The Labute approximate surface area is 93.4 Å². The molecule has 1 aliphatic rings. The van der Waals surface area contributed by atoms with Gasteiger partial charge in [0.1, 0.15) is 0 Å². The van der Waals surface area contributed by atoms with E-state index in [0.29, 0.717) is 16.8 Å². The van der Waals surface area contributed by atoms with Gasteiger partial charge in [0, 0.05) is 16.8 Å². The molecule has 1 fully saturated rings. The van der Waals surface area contributed by atoms with Crippen LogP contribution < -0.4 is 0 Å². The standard InChI is InChI=1S/C10H22NOPS/c1-8(2)11(9(3)4)13-12-7-10(5,6)14-13/h8-9H,7H2,1-6H3. The molecule has 1 rings (SSSR count). The SMILES string of the molecule is CC(C)N(C(C)C)P1OCC(C)(C)S1. The summed E-state index contributed by atoms with van der Waals surface area (Å²) in [6.45, 7) is 14.4. The fourth-order valence-electron chi connectivity index (χ4n) is 1.56. The second-order valence-corrected chi connectivity index (χ2v) is 8.90. The van der Waals surface area contributed by atoms with E-state index in [1.807, 2.05) is 11.4 Å². The molecule has 1 atom stereocenters. The Morgan fingerprint density at radius 3 is 2.00 bits per heavy atom. The van der Waals surface area contributed by atoms with Crippen molar-refractivity contribution in [1.29, 1.82) is 0 Å². The predicted molar refractivity (Wildman–Crippen MR) is 66.7 cm³/mol. The Kier molecular flexibility index (Phi) is 4.28. The lowest BCUT2D eigenvalue weighted by molar-refractivity contribution is 0.261. The van der Waals surface area contributed by atoms with Gasteiger partial charge in [0.05, 0.1) is 6.61 Å². The predicted octanol–water partition coefficient (Wildman–Crippen LogP) is 3.87. The summed E-state index contributed by atoms with van der Waals surface area (Å²) in [5.74, 6) is 0. The Morgan fingerprint density at radius 2 is 1.71 bits per heavy atom. The molecule has 84 valence electrons. The number of hydrogen-bond acceptors (Lipinski definition) is 3. The van der Waals surface area contributed by atoms with Crippen LogP contribution in [0.1, 0.15) is 41.5 Å². The van der Waals surface area contributed by atoms with Crippen molar-refractivity contribution >= 4 is 18.9 Å². The van der Waals surface area contributed by atoms with E-state index in [0.717, 1.165) is 6.61 Å². The topological polar surface area (TPSA) is 12.5 Å². The monoisotopic (exact) mass is 235 g/mol. The summed E-state index contributed by atoms with van der Waals surface area (Å²) < 4.78 is 8.70. The molecular weight excluding hydrogens is 213 g/mol. The van der Waals surface area contributed by atoms with Crippen LogP contribution in [0.25, 0.3) is 0 Å². The van der Waals surface area contributed by atoms with Crippen LogP contribution in [0.2, 0.25) is 0 Å². The lowest BCUT2D eigenvalue weighted by Crippen LogP contribution is -2.31. The van der Waals surface area contributed by atoms with E-state index >= 15 is 0 Å². The Balaban J connectivity index is 2.63. The maximum absolute atomic E-state index is 5.91. The van der Waals surface area contributed by atoms with Crippen LogP contribution in [0.3, 0.4) is 0 Å². The minimum absolute atomic E-state index is 0.299. The summed E-state index contributed by atoms with van der Waals surface area (Å²) in [6, 6.07) is 1.14. The van der Waals surface area contributed by atoms with Gasteiger partial charge in [-0.05, 0) is 41.5 Å². The normalized spacial score (nSPS) is 26.8. The van der Waals surface area contributed by atoms with Gasteiger partial charge in [-0.1, -0.05) is 11.4 Å². The average Bonchev–Trinajstić information content (AvgIpc) is 2.28. The summed E-state index contributed by atoms with van der Waals surface area (Å²) in [5, 5.41) is 0. The third-order valence-corrected chi connectivity index (χ3v) is 7.35. The first-order valence-electron chi connectivity index (χ1n) is 5.24. The second kappa shape index (κ2) is 4.69. The molecule has 0 bridgehead atoms. The summed E-state index contributed by atoms with van der Waals surface area (Å²) in [5.41, 5.74) is 0. The second-order valence-electron chi connectivity index (χ2n) is 4.93. The van der Waals surface area contributed by atoms with Gasteiger partial charge in [0.2, 0.25) is 0 Å². The zero-order valence-corrected chi connectivity index (χ0v) is 11.8. The third-order valence-electron chi connectivity index (χ3n) is 2.09. The molecule has 0 amide bonds. The van der Waals surface area contributed by atoms with Crippen molar-refractivity contribution in [3.63, 3.8) is 0 Å². The zero-order chi connectivity index (χ0) is 10.9. The van der Waals surface area contributed by atoms with E-state index in [2.05, 4.69) is 46.2 Å². The van der Waals surface area contributed by atoms with Crippen LogP contribution in [-0.2, 0) is 4.52 Å². The molecule has 1 aliphatic heterocycles. The summed E-state index contributed by atoms with van der Waals surface area (Å²) >= 11 is 2.00. The molecule has 4 heteroatoms. The van der Waals surface area contributed by atoms with Gasteiger partial charge in [-0.25, -0.2) is 4.67 Å². The van der Waals surface area contributed by atoms with Gasteiger partial charge < -0.3 is 4.52 Å². The molecule has 1 heterocycles. The van der Waals surface area contributed by atoms with Gasteiger partial charge in [0.25, 0.3) is 0 Å². The van der Waals surface area contributed by atoms with Crippen LogP contribution in [0.5, 0.6) is 0 Å². The van der Waals surface area contributed by atoms with Crippen molar-refractivity contribution in [2.75, 3.05) is 6.61 Å². The van der Waals surface area contributed by atoms with Crippen LogP contribution in [-0.4, -0.2) is 28.1 Å². The summed E-state index contributed by atoms with van der Waals surface area (Å²) in [4.78, 5) is 0. The Hall–Kier alpha value is 0.700. The number of rotatable bonds is 3. The fraction of sp³-hybridized carbons (Fsp3) is 1.00. The summed E-state index contributed by atoms with van der Waals surface area (Å²) in [7, 11) is -0.425. The first-order valence-corrected chi connectivity index (χ1v) is 7.87. The quantitative estimate of drug-likeness (QED) is 0.689. The molecule has 0 spiro atoms. The minimum Gasteiger partial charge on any atom is -0.334 e. The van der Waals surface area contributed by atoms with Crippen molar-refractivity contribution in [2.24, 2.45) is 0 Å². The third kappa shape index (κ3) is 3.10. The largest absolute Gasteiger partial charge is 0.334 e. The molecule has 0 aliphatic carbocycles.